The Morgan fingerprint density at radius 3 is 1.90 bits per heavy atom. The Labute approximate surface area is 189 Å². The first-order valence-electron chi connectivity index (χ1n) is 12.5. The van der Waals surface area contributed by atoms with Crippen LogP contribution in [-0.2, 0) is 14.4 Å². The molecule has 0 saturated heterocycles. The first kappa shape index (κ1) is 27.1. The zero-order valence-corrected chi connectivity index (χ0v) is 19.9. The lowest BCUT2D eigenvalue weighted by Gasteiger charge is -2.19. The second-order valence-corrected chi connectivity index (χ2v) is 8.66. The number of amides is 3. The standard InChI is InChI=1S/C26H44N2O3/c1-3-4-5-6-7-8-9-10-11-12-13-14-15-16-17-19-24(29)27(2)22-18-23-28-25(30)20-21-26(28)31/h10-11,20-21H,3-9,12-19,22-23H2,1-2H3/b11-10-. The van der Waals surface area contributed by atoms with Gasteiger partial charge in [-0.2, -0.15) is 0 Å². The summed E-state index contributed by atoms with van der Waals surface area (Å²) in [5, 5.41) is 0. The van der Waals surface area contributed by atoms with E-state index in [1.165, 1.54) is 87.7 Å². The van der Waals surface area contributed by atoms with Gasteiger partial charge in [-0.05, 0) is 38.5 Å². The van der Waals surface area contributed by atoms with Gasteiger partial charge in [0.25, 0.3) is 11.8 Å². The van der Waals surface area contributed by atoms with Crippen molar-refractivity contribution >= 4 is 17.7 Å². The number of hydrogen-bond donors (Lipinski definition) is 0. The molecule has 5 nitrogen and oxygen atoms in total. The Kier molecular flexibility index (Phi) is 15.5. The zero-order chi connectivity index (χ0) is 22.7. The first-order chi connectivity index (χ1) is 15.1. The molecule has 176 valence electrons. The Bertz CT molecular complexity index is 565. The van der Waals surface area contributed by atoms with Crippen LogP contribution in [0.3, 0.4) is 0 Å². The molecule has 5 heteroatoms. The second kappa shape index (κ2) is 17.7. The quantitative estimate of drug-likeness (QED) is 0.147. The SMILES string of the molecule is CCCCCCCC/C=C\CCCCCCCC(=O)N(C)CCCN1C(=O)C=CC1=O. The van der Waals surface area contributed by atoms with Crippen LogP contribution < -0.4 is 0 Å². The van der Waals surface area contributed by atoms with Crippen LogP contribution in [0.15, 0.2) is 24.3 Å². The molecule has 0 aromatic rings. The Morgan fingerprint density at radius 2 is 1.32 bits per heavy atom. The van der Waals surface area contributed by atoms with E-state index in [4.69, 9.17) is 0 Å². The maximum absolute atomic E-state index is 12.2. The highest BCUT2D eigenvalue weighted by Crippen LogP contribution is 2.11. The van der Waals surface area contributed by atoms with Crippen LogP contribution >= 0.6 is 0 Å². The molecular formula is C26H44N2O3. The van der Waals surface area contributed by atoms with Crippen LogP contribution in [0.5, 0.6) is 0 Å². The Morgan fingerprint density at radius 1 is 0.806 bits per heavy atom. The number of nitrogens with zero attached hydrogens (tertiary/aromatic N) is 2. The van der Waals surface area contributed by atoms with Gasteiger partial charge in [0.15, 0.2) is 0 Å². The third kappa shape index (κ3) is 13.2. The molecule has 1 rings (SSSR count). The van der Waals surface area contributed by atoms with E-state index >= 15 is 0 Å². The predicted molar refractivity (Wildman–Crippen MR) is 128 cm³/mol. The van der Waals surface area contributed by atoms with Gasteiger partial charge in [-0.25, -0.2) is 0 Å². The minimum absolute atomic E-state index is 0.148. The fraction of sp³-hybridized carbons (Fsp3) is 0.731. The average Bonchev–Trinajstić information content (AvgIpc) is 3.08. The molecule has 0 spiro atoms. The van der Waals surface area contributed by atoms with E-state index in [0.717, 1.165) is 12.8 Å². The number of unbranched alkanes of at least 4 members (excludes halogenated alkanes) is 11. The largest absolute Gasteiger partial charge is 0.346 e. The van der Waals surface area contributed by atoms with Crippen molar-refractivity contribution in [3.05, 3.63) is 24.3 Å². The number of carbonyl (C=O) groups is 3. The topological polar surface area (TPSA) is 57.7 Å². The molecule has 0 aromatic carbocycles. The molecular weight excluding hydrogens is 388 g/mol. The predicted octanol–water partition coefficient (Wildman–Crippen LogP) is 5.80. The molecule has 3 amide bonds. The molecule has 1 aliphatic heterocycles. The van der Waals surface area contributed by atoms with Crippen molar-refractivity contribution in [2.45, 2.75) is 103 Å². The maximum atomic E-state index is 12.2. The molecule has 1 aliphatic rings. The van der Waals surface area contributed by atoms with Gasteiger partial charge < -0.3 is 4.90 Å². The van der Waals surface area contributed by atoms with Crippen LogP contribution in [0.4, 0.5) is 0 Å². The number of carbonyl (C=O) groups excluding carboxylic acids is 3. The maximum Gasteiger partial charge on any atom is 0.253 e. The molecule has 0 atom stereocenters. The van der Waals surface area contributed by atoms with Crippen molar-refractivity contribution in [1.82, 2.24) is 9.80 Å². The minimum atomic E-state index is -0.257. The van der Waals surface area contributed by atoms with E-state index < -0.39 is 0 Å². The molecule has 1 heterocycles. The molecule has 0 aromatic heterocycles. The fourth-order valence-corrected chi connectivity index (χ4v) is 3.78. The Hall–Kier alpha value is -1.91. The van der Waals surface area contributed by atoms with Crippen LogP contribution in [0.25, 0.3) is 0 Å². The van der Waals surface area contributed by atoms with E-state index in [0.29, 0.717) is 25.9 Å². The van der Waals surface area contributed by atoms with Crippen molar-refractivity contribution in [2.24, 2.45) is 0 Å². The van der Waals surface area contributed by atoms with Crippen LogP contribution in [-0.4, -0.2) is 47.7 Å². The minimum Gasteiger partial charge on any atom is -0.346 e. The van der Waals surface area contributed by atoms with Gasteiger partial charge in [-0.3, -0.25) is 19.3 Å². The smallest absolute Gasteiger partial charge is 0.253 e. The summed E-state index contributed by atoms with van der Waals surface area (Å²) < 4.78 is 0. The summed E-state index contributed by atoms with van der Waals surface area (Å²) in [5.74, 6) is -0.366. The Balaban J connectivity index is 1.90. The summed E-state index contributed by atoms with van der Waals surface area (Å²) in [6.07, 6.45) is 24.7. The molecule has 0 saturated carbocycles. The van der Waals surface area contributed by atoms with Crippen molar-refractivity contribution in [1.29, 1.82) is 0 Å². The fourth-order valence-electron chi connectivity index (χ4n) is 3.78. The second-order valence-electron chi connectivity index (χ2n) is 8.66. The highest BCUT2D eigenvalue weighted by molar-refractivity contribution is 6.12. The highest BCUT2D eigenvalue weighted by Gasteiger charge is 2.22. The first-order valence-corrected chi connectivity index (χ1v) is 12.5. The molecule has 0 radical (unpaired) electrons. The number of hydrogen-bond acceptors (Lipinski definition) is 3. The van der Waals surface area contributed by atoms with Gasteiger partial charge in [-0.15, -0.1) is 0 Å². The van der Waals surface area contributed by atoms with Gasteiger partial charge in [-0.1, -0.05) is 70.4 Å². The van der Waals surface area contributed by atoms with Gasteiger partial charge in [0.1, 0.15) is 0 Å². The van der Waals surface area contributed by atoms with Gasteiger partial charge in [0.05, 0.1) is 0 Å². The molecule has 0 fully saturated rings. The summed E-state index contributed by atoms with van der Waals surface area (Å²) in [7, 11) is 1.80. The zero-order valence-electron chi connectivity index (χ0n) is 19.9. The number of imide groups is 1. The van der Waals surface area contributed by atoms with Crippen molar-refractivity contribution in [3.8, 4) is 0 Å². The monoisotopic (exact) mass is 432 g/mol. The van der Waals surface area contributed by atoms with E-state index in [1.54, 1.807) is 11.9 Å². The molecule has 0 N–H and O–H groups in total. The average molecular weight is 433 g/mol. The lowest BCUT2D eigenvalue weighted by molar-refractivity contribution is -0.136. The van der Waals surface area contributed by atoms with Crippen molar-refractivity contribution < 1.29 is 14.4 Å². The molecule has 0 unspecified atom stereocenters. The summed E-state index contributed by atoms with van der Waals surface area (Å²) in [5.41, 5.74) is 0. The highest BCUT2D eigenvalue weighted by atomic mass is 16.2. The normalized spacial score (nSPS) is 13.7. The number of allylic oxidation sites excluding steroid dienone is 2. The molecule has 0 bridgehead atoms. The lowest BCUT2D eigenvalue weighted by atomic mass is 10.1. The van der Waals surface area contributed by atoms with E-state index in [2.05, 4.69) is 19.1 Å². The van der Waals surface area contributed by atoms with Gasteiger partial charge in [0, 0.05) is 38.7 Å². The van der Waals surface area contributed by atoms with Crippen LogP contribution in [0.1, 0.15) is 103 Å². The van der Waals surface area contributed by atoms with Crippen LogP contribution in [0.2, 0.25) is 0 Å². The summed E-state index contributed by atoms with van der Waals surface area (Å²) >= 11 is 0. The summed E-state index contributed by atoms with van der Waals surface area (Å²) in [6.45, 7) is 3.20. The summed E-state index contributed by atoms with van der Waals surface area (Å²) in [6, 6.07) is 0. The lowest BCUT2D eigenvalue weighted by Crippen LogP contribution is -2.34. The third-order valence-corrected chi connectivity index (χ3v) is 5.85. The molecule has 31 heavy (non-hydrogen) atoms. The van der Waals surface area contributed by atoms with Gasteiger partial charge >= 0.3 is 0 Å². The van der Waals surface area contributed by atoms with E-state index in [-0.39, 0.29) is 17.7 Å². The van der Waals surface area contributed by atoms with Crippen molar-refractivity contribution in [3.63, 3.8) is 0 Å². The van der Waals surface area contributed by atoms with E-state index in [1.807, 2.05) is 0 Å². The van der Waals surface area contributed by atoms with Crippen LogP contribution in [0, 0.1) is 0 Å². The summed E-state index contributed by atoms with van der Waals surface area (Å²) in [4.78, 5) is 38.1. The molecule has 0 aliphatic carbocycles. The van der Waals surface area contributed by atoms with Crippen molar-refractivity contribution in [2.75, 3.05) is 20.1 Å². The van der Waals surface area contributed by atoms with E-state index in [9.17, 15) is 14.4 Å². The van der Waals surface area contributed by atoms with Gasteiger partial charge in [0.2, 0.25) is 5.91 Å². The third-order valence-electron chi connectivity index (χ3n) is 5.85. The number of rotatable bonds is 19.